The molecule has 5 nitrogen and oxygen atoms in total. The van der Waals surface area contributed by atoms with Crippen molar-refractivity contribution in [1.82, 2.24) is 9.97 Å². The molecule has 0 spiro atoms. The number of aromatic nitrogens is 2. The summed E-state index contributed by atoms with van der Waals surface area (Å²) < 4.78 is 0. The molecule has 1 aromatic heterocycles. The Morgan fingerprint density at radius 1 is 1.50 bits per heavy atom. The molecular formula is C11H18N4O. The highest BCUT2D eigenvalue weighted by Gasteiger charge is 2.05. The Balaban J connectivity index is 2.69. The van der Waals surface area contributed by atoms with E-state index in [4.69, 9.17) is 0 Å². The van der Waals surface area contributed by atoms with Crippen LogP contribution in [-0.2, 0) is 4.79 Å². The summed E-state index contributed by atoms with van der Waals surface area (Å²) >= 11 is 0. The molecule has 0 aromatic carbocycles. The molecule has 1 heterocycles. The Labute approximate surface area is 95.9 Å². The summed E-state index contributed by atoms with van der Waals surface area (Å²) in [4.78, 5) is 21.0. The highest BCUT2D eigenvalue weighted by atomic mass is 16.1. The quantitative estimate of drug-likeness (QED) is 0.786. The molecule has 0 aliphatic heterocycles. The molecule has 1 aromatic rings. The summed E-state index contributed by atoms with van der Waals surface area (Å²) in [7, 11) is 1.84. The fraction of sp³-hybridized carbons (Fsp3) is 0.545. The zero-order valence-corrected chi connectivity index (χ0v) is 10.0. The summed E-state index contributed by atoms with van der Waals surface area (Å²) in [5.41, 5.74) is 0. The van der Waals surface area contributed by atoms with Crippen molar-refractivity contribution in [3.05, 3.63) is 12.4 Å². The SMILES string of the molecule is CCCNc1cc(N(C)CC(C)=O)ncn1. The second-order valence-corrected chi connectivity index (χ2v) is 3.75. The van der Waals surface area contributed by atoms with Gasteiger partial charge in [0.05, 0.1) is 6.54 Å². The van der Waals surface area contributed by atoms with E-state index in [-0.39, 0.29) is 5.78 Å². The second kappa shape index (κ2) is 6.05. The molecule has 1 rings (SSSR count). The summed E-state index contributed by atoms with van der Waals surface area (Å²) in [6.45, 7) is 4.90. The lowest BCUT2D eigenvalue weighted by Gasteiger charge is -2.16. The van der Waals surface area contributed by atoms with Crippen LogP contribution in [0.1, 0.15) is 20.3 Å². The van der Waals surface area contributed by atoms with Crippen molar-refractivity contribution in [3.63, 3.8) is 0 Å². The van der Waals surface area contributed by atoms with Crippen molar-refractivity contribution in [3.8, 4) is 0 Å². The van der Waals surface area contributed by atoms with Gasteiger partial charge in [-0.05, 0) is 13.3 Å². The summed E-state index contributed by atoms with van der Waals surface area (Å²) in [5.74, 6) is 1.66. The Morgan fingerprint density at radius 2 is 2.25 bits per heavy atom. The molecule has 0 saturated heterocycles. The van der Waals surface area contributed by atoms with E-state index >= 15 is 0 Å². The number of hydrogen-bond donors (Lipinski definition) is 1. The lowest BCUT2D eigenvalue weighted by atomic mass is 10.4. The number of carbonyl (C=O) groups excluding carboxylic acids is 1. The van der Waals surface area contributed by atoms with Crippen molar-refractivity contribution in [2.45, 2.75) is 20.3 Å². The number of anilines is 2. The first kappa shape index (κ1) is 12.4. The third kappa shape index (κ3) is 3.84. The van der Waals surface area contributed by atoms with Crippen LogP contribution < -0.4 is 10.2 Å². The van der Waals surface area contributed by atoms with Crippen LogP contribution in [0.4, 0.5) is 11.6 Å². The zero-order valence-electron chi connectivity index (χ0n) is 10.0. The van der Waals surface area contributed by atoms with Gasteiger partial charge in [0.1, 0.15) is 23.7 Å². The van der Waals surface area contributed by atoms with Gasteiger partial charge in [0.2, 0.25) is 0 Å². The van der Waals surface area contributed by atoms with Crippen LogP contribution in [0.15, 0.2) is 12.4 Å². The first-order chi connectivity index (χ1) is 7.63. The van der Waals surface area contributed by atoms with E-state index in [0.717, 1.165) is 24.6 Å². The number of nitrogens with one attached hydrogen (secondary N) is 1. The zero-order chi connectivity index (χ0) is 12.0. The number of likely N-dealkylation sites (N-methyl/N-ethyl adjacent to an activating group) is 1. The molecule has 0 aliphatic rings. The van der Waals surface area contributed by atoms with Gasteiger partial charge in [0.25, 0.3) is 0 Å². The Hall–Kier alpha value is -1.65. The molecule has 1 N–H and O–H groups in total. The van der Waals surface area contributed by atoms with Gasteiger partial charge in [-0.25, -0.2) is 9.97 Å². The number of ketones is 1. The number of rotatable bonds is 6. The monoisotopic (exact) mass is 222 g/mol. The molecule has 0 fully saturated rings. The summed E-state index contributed by atoms with van der Waals surface area (Å²) in [5, 5.41) is 3.18. The van der Waals surface area contributed by atoms with Crippen LogP contribution in [0.3, 0.4) is 0 Å². The van der Waals surface area contributed by atoms with E-state index in [1.807, 2.05) is 13.1 Å². The molecule has 0 aliphatic carbocycles. The molecule has 0 radical (unpaired) electrons. The van der Waals surface area contributed by atoms with Crippen LogP contribution in [0.25, 0.3) is 0 Å². The molecule has 0 saturated carbocycles. The van der Waals surface area contributed by atoms with Gasteiger partial charge in [0.15, 0.2) is 0 Å². The Bertz CT molecular complexity index is 354. The van der Waals surface area contributed by atoms with Crippen molar-refractivity contribution in [2.75, 3.05) is 30.4 Å². The standard InChI is InChI=1S/C11H18N4O/c1-4-5-12-10-6-11(14-8-13-10)15(3)7-9(2)16/h6,8H,4-5,7H2,1-3H3,(H,12,13,14). The van der Waals surface area contributed by atoms with Gasteiger partial charge in [-0.1, -0.05) is 6.92 Å². The van der Waals surface area contributed by atoms with Crippen LogP contribution >= 0.6 is 0 Å². The molecule has 16 heavy (non-hydrogen) atoms. The maximum atomic E-state index is 11.0. The third-order valence-electron chi connectivity index (χ3n) is 2.06. The average Bonchev–Trinajstić information content (AvgIpc) is 2.26. The van der Waals surface area contributed by atoms with E-state index in [1.165, 1.54) is 6.33 Å². The lowest BCUT2D eigenvalue weighted by molar-refractivity contribution is -0.115. The number of nitrogens with zero attached hydrogens (tertiary/aromatic N) is 3. The number of hydrogen-bond acceptors (Lipinski definition) is 5. The topological polar surface area (TPSA) is 58.1 Å². The molecule has 0 unspecified atom stereocenters. The largest absolute Gasteiger partial charge is 0.370 e. The molecule has 0 amide bonds. The average molecular weight is 222 g/mol. The van der Waals surface area contributed by atoms with Crippen LogP contribution in [0.2, 0.25) is 0 Å². The van der Waals surface area contributed by atoms with Gasteiger partial charge in [-0.15, -0.1) is 0 Å². The maximum absolute atomic E-state index is 11.0. The fourth-order valence-electron chi connectivity index (χ4n) is 1.32. The normalized spacial score (nSPS) is 9.94. The lowest BCUT2D eigenvalue weighted by Crippen LogP contribution is -2.24. The molecule has 0 atom stereocenters. The van der Waals surface area contributed by atoms with Crippen molar-refractivity contribution in [1.29, 1.82) is 0 Å². The van der Waals surface area contributed by atoms with E-state index in [1.54, 1.807) is 11.8 Å². The molecule has 5 heteroatoms. The van der Waals surface area contributed by atoms with E-state index in [2.05, 4.69) is 22.2 Å². The van der Waals surface area contributed by atoms with Gasteiger partial charge in [0, 0.05) is 19.7 Å². The minimum atomic E-state index is 0.115. The highest BCUT2D eigenvalue weighted by molar-refractivity contribution is 5.80. The summed E-state index contributed by atoms with van der Waals surface area (Å²) in [6, 6.07) is 1.85. The predicted octanol–water partition coefficient (Wildman–Crippen LogP) is 1.32. The minimum absolute atomic E-state index is 0.115. The van der Waals surface area contributed by atoms with Crippen LogP contribution in [0, 0.1) is 0 Å². The van der Waals surface area contributed by atoms with Gasteiger partial charge < -0.3 is 10.2 Å². The van der Waals surface area contributed by atoms with E-state index in [0.29, 0.717) is 6.54 Å². The van der Waals surface area contributed by atoms with E-state index < -0.39 is 0 Å². The molecule has 0 bridgehead atoms. The number of carbonyl (C=O) groups is 1. The van der Waals surface area contributed by atoms with Gasteiger partial charge in [-0.3, -0.25) is 4.79 Å². The number of Topliss-reactive ketones (excluding diaryl/α,β-unsaturated/α-hetero) is 1. The highest BCUT2D eigenvalue weighted by Crippen LogP contribution is 2.12. The van der Waals surface area contributed by atoms with Crippen molar-refractivity contribution in [2.24, 2.45) is 0 Å². The second-order valence-electron chi connectivity index (χ2n) is 3.75. The molecular weight excluding hydrogens is 204 g/mol. The molecule has 88 valence electrons. The maximum Gasteiger partial charge on any atom is 0.149 e. The van der Waals surface area contributed by atoms with Crippen molar-refractivity contribution < 1.29 is 4.79 Å². The summed E-state index contributed by atoms with van der Waals surface area (Å²) in [6.07, 6.45) is 2.55. The Morgan fingerprint density at radius 3 is 2.88 bits per heavy atom. The first-order valence-corrected chi connectivity index (χ1v) is 5.40. The Kier molecular flexibility index (Phi) is 4.69. The third-order valence-corrected chi connectivity index (χ3v) is 2.06. The van der Waals surface area contributed by atoms with Gasteiger partial charge >= 0.3 is 0 Å². The fourth-order valence-corrected chi connectivity index (χ4v) is 1.32. The van der Waals surface area contributed by atoms with Crippen LogP contribution in [-0.4, -0.2) is 35.9 Å². The van der Waals surface area contributed by atoms with E-state index in [9.17, 15) is 4.79 Å². The van der Waals surface area contributed by atoms with Crippen LogP contribution in [0.5, 0.6) is 0 Å². The predicted molar refractivity (Wildman–Crippen MR) is 64.8 cm³/mol. The van der Waals surface area contributed by atoms with Crippen molar-refractivity contribution >= 4 is 17.4 Å². The minimum Gasteiger partial charge on any atom is -0.370 e. The van der Waals surface area contributed by atoms with Gasteiger partial charge in [-0.2, -0.15) is 0 Å². The smallest absolute Gasteiger partial charge is 0.149 e. The first-order valence-electron chi connectivity index (χ1n) is 5.40.